The first-order chi connectivity index (χ1) is 17.5. The van der Waals surface area contributed by atoms with E-state index in [0.29, 0.717) is 35.2 Å². The summed E-state index contributed by atoms with van der Waals surface area (Å²) in [6, 6.07) is 21.0. The van der Waals surface area contributed by atoms with Gasteiger partial charge in [-0.05, 0) is 67.6 Å². The van der Waals surface area contributed by atoms with E-state index in [2.05, 4.69) is 15.7 Å². The van der Waals surface area contributed by atoms with Crippen LogP contribution >= 0.6 is 0 Å². The molecule has 0 bridgehead atoms. The van der Waals surface area contributed by atoms with Gasteiger partial charge in [-0.1, -0.05) is 23.4 Å². The molecule has 2 aliphatic rings. The number of hydrogen-bond acceptors (Lipinski definition) is 8. The van der Waals surface area contributed by atoms with Gasteiger partial charge in [0.05, 0.1) is 12.3 Å². The number of carbonyl (C=O) groups excluding carboxylic acids is 3. The Bertz CT molecular complexity index is 1290. The Balaban J connectivity index is 1.21. The minimum absolute atomic E-state index is 0.233. The van der Waals surface area contributed by atoms with Gasteiger partial charge in [-0.25, -0.2) is 4.90 Å². The molecular formula is C26H23N5O5. The van der Waals surface area contributed by atoms with Crippen molar-refractivity contribution in [2.75, 3.05) is 23.4 Å². The summed E-state index contributed by atoms with van der Waals surface area (Å²) >= 11 is 0. The van der Waals surface area contributed by atoms with E-state index in [1.165, 1.54) is 5.01 Å². The molecule has 0 aliphatic carbocycles. The third-order valence-corrected chi connectivity index (χ3v) is 5.69. The van der Waals surface area contributed by atoms with Crippen LogP contribution in [-0.2, 0) is 14.4 Å². The van der Waals surface area contributed by atoms with Gasteiger partial charge >= 0.3 is 0 Å². The normalized spacial score (nSPS) is 18.4. The summed E-state index contributed by atoms with van der Waals surface area (Å²) in [6.45, 7) is 2.14. The van der Waals surface area contributed by atoms with E-state index in [1.54, 1.807) is 48.5 Å². The summed E-state index contributed by atoms with van der Waals surface area (Å²) in [5.41, 5.74) is 0.971. The molecule has 1 fully saturated rings. The first kappa shape index (κ1) is 23.0. The van der Waals surface area contributed by atoms with E-state index < -0.39 is 29.8 Å². The van der Waals surface area contributed by atoms with Crippen molar-refractivity contribution in [1.82, 2.24) is 5.01 Å². The maximum atomic E-state index is 13.1. The number of hydrogen-bond donors (Lipinski definition) is 1. The Morgan fingerprint density at radius 1 is 0.889 bits per heavy atom. The molecule has 10 nitrogen and oxygen atoms in total. The van der Waals surface area contributed by atoms with Crippen molar-refractivity contribution in [3.05, 3.63) is 78.9 Å². The maximum Gasteiger partial charge on any atom is 0.263 e. The van der Waals surface area contributed by atoms with E-state index in [1.807, 2.05) is 37.3 Å². The second-order valence-corrected chi connectivity index (χ2v) is 8.12. The highest BCUT2D eigenvalue weighted by molar-refractivity contribution is 6.25. The van der Waals surface area contributed by atoms with E-state index in [4.69, 9.17) is 9.47 Å². The number of imide groups is 1. The third-order valence-electron chi connectivity index (χ3n) is 5.69. The highest BCUT2D eigenvalue weighted by Crippen LogP contribution is 2.32. The number of benzene rings is 3. The van der Waals surface area contributed by atoms with Crippen LogP contribution in [0.1, 0.15) is 6.92 Å². The van der Waals surface area contributed by atoms with Crippen molar-refractivity contribution in [1.29, 1.82) is 0 Å². The van der Waals surface area contributed by atoms with Gasteiger partial charge in [0.25, 0.3) is 11.8 Å². The van der Waals surface area contributed by atoms with Gasteiger partial charge in [-0.15, -0.1) is 0 Å². The first-order valence-corrected chi connectivity index (χ1v) is 11.4. The number of ether oxygens (including phenoxy) is 2. The van der Waals surface area contributed by atoms with Gasteiger partial charge in [-0.3, -0.25) is 19.4 Å². The zero-order valence-corrected chi connectivity index (χ0v) is 19.4. The monoisotopic (exact) mass is 485 g/mol. The SMILES string of the molecule is CCOc1ccc(N2C(=O)C3N=NN(CC(=O)Nc4ccc(Oc5ccccc5)cc4)C3C2=O)cc1. The van der Waals surface area contributed by atoms with Crippen LogP contribution in [0.15, 0.2) is 89.2 Å². The molecule has 0 radical (unpaired) electrons. The Kier molecular flexibility index (Phi) is 6.31. The molecule has 36 heavy (non-hydrogen) atoms. The van der Waals surface area contributed by atoms with Crippen molar-refractivity contribution < 1.29 is 23.9 Å². The predicted octanol–water partition coefficient (Wildman–Crippen LogP) is 3.81. The third kappa shape index (κ3) is 4.61. The number of rotatable bonds is 8. The fourth-order valence-electron chi connectivity index (χ4n) is 4.04. The Morgan fingerprint density at radius 2 is 1.56 bits per heavy atom. The number of para-hydroxylation sites is 1. The Labute approximate surface area is 207 Å². The van der Waals surface area contributed by atoms with Gasteiger partial charge in [-0.2, -0.15) is 5.11 Å². The lowest BCUT2D eigenvalue weighted by Gasteiger charge is -2.20. The summed E-state index contributed by atoms with van der Waals surface area (Å²) in [6.07, 6.45) is 0. The molecule has 1 saturated heterocycles. The molecule has 2 unspecified atom stereocenters. The molecule has 0 aromatic heterocycles. The predicted molar refractivity (Wildman–Crippen MR) is 131 cm³/mol. The van der Waals surface area contributed by atoms with E-state index in [0.717, 1.165) is 4.90 Å². The average Bonchev–Trinajstić information content (AvgIpc) is 3.41. The van der Waals surface area contributed by atoms with Crippen LogP contribution in [0.2, 0.25) is 0 Å². The largest absolute Gasteiger partial charge is 0.494 e. The van der Waals surface area contributed by atoms with Crippen LogP contribution < -0.4 is 19.7 Å². The lowest BCUT2D eigenvalue weighted by atomic mass is 10.1. The van der Waals surface area contributed by atoms with E-state index in [-0.39, 0.29) is 6.54 Å². The summed E-state index contributed by atoms with van der Waals surface area (Å²) in [4.78, 5) is 39.7. The molecule has 3 amide bonds. The molecule has 5 rings (SSSR count). The number of fused-ring (bicyclic) bond motifs is 1. The minimum Gasteiger partial charge on any atom is -0.494 e. The zero-order valence-electron chi connectivity index (χ0n) is 19.4. The molecule has 0 spiro atoms. The quantitative estimate of drug-likeness (QED) is 0.486. The lowest BCUT2D eigenvalue weighted by molar-refractivity contribution is -0.123. The molecule has 2 aliphatic heterocycles. The first-order valence-electron chi connectivity index (χ1n) is 11.4. The van der Waals surface area contributed by atoms with Gasteiger partial charge in [0, 0.05) is 5.69 Å². The summed E-state index contributed by atoms with van der Waals surface area (Å²) in [5.74, 6) is 0.617. The van der Waals surface area contributed by atoms with Crippen molar-refractivity contribution >= 4 is 29.1 Å². The second-order valence-electron chi connectivity index (χ2n) is 8.12. The fourth-order valence-corrected chi connectivity index (χ4v) is 4.04. The topological polar surface area (TPSA) is 113 Å². The van der Waals surface area contributed by atoms with Crippen LogP contribution in [0.25, 0.3) is 0 Å². The molecule has 10 heteroatoms. The summed E-state index contributed by atoms with van der Waals surface area (Å²) < 4.78 is 11.2. The van der Waals surface area contributed by atoms with Crippen molar-refractivity contribution in [3.63, 3.8) is 0 Å². The number of anilines is 2. The van der Waals surface area contributed by atoms with Crippen molar-refractivity contribution in [3.8, 4) is 17.2 Å². The molecule has 182 valence electrons. The van der Waals surface area contributed by atoms with Gasteiger partial charge in [0.1, 0.15) is 23.8 Å². The second kappa shape index (κ2) is 9.87. The fraction of sp³-hybridized carbons (Fsp3) is 0.192. The molecule has 2 heterocycles. The number of nitrogens with one attached hydrogen (secondary N) is 1. The number of carbonyl (C=O) groups is 3. The summed E-state index contributed by atoms with van der Waals surface area (Å²) in [7, 11) is 0. The van der Waals surface area contributed by atoms with E-state index >= 15 is 0 Å². The molecular weight excluding hydrogens is 462 g/mol. The van der Waals surface area contributed by atoms with Crippen LogP contribution in [-0.4, -0.2) is 48.0 Å². The zero-order chi connectivity index (χ0) is 25.1. The van der Waals surface area contributed by atoms with Crippen LogP contribution in [0, 0.1) is 0 Å². The van der Waals surface area contributed by atoms with Gasteiger partial charge in [0.2, 0.25) is 5.91 Å². The van der Waals surface area contributed by atoms with E-state index in [9.17, 15) is 14.4 Å². The average molecular weight is 486 g/mol. The summed E-state index contributed by atoms with van der Waals surface area (Å²) in [5, 5.41) is 11.9. The number of nitrogens with zero attached hydrogens (tertiary/aromatic N) is 4. The van der Waals surface area contributed by atoms with Crippen molar-refractivity contribution in [2.24, 2.45) is 10.3 Å². The lowest BCUT2D eigenvalue weighted by Crippen LogP contribution is -2.43. The Morgan fingerprint density at radius 3 is 2.25 bits per heavy atom. The van der Waals surface area contributed by atoms with Crippen LogP contribution in [0.4, 0.5) is 11.4 Å². The maximum absolute atomic E-state index is 13.1. The van der Waals surface area contributed by atoms with Gasteiger partial charge < -0.3 is 14.8 Å². The Hall–Kier alpha value is -4.73. The standard InChI is InChI=1S/C26H23N5O5/c1-2-35-19-14-10-18(11-15-19)31-25(33)23-24(26(31)34)30(29-28-23)16-22(32)27-17-8-12-21(13-9-17)36-20-6-4-3-5-7-20/h3-15,23-24H,2,16H2,1H3,(H,27,32). The van der Waals surface area contributed by atoms with Crippen LogP contribution in [0.5, 0.6) is 17.2 Å². The number of amides is 3. The van der Waals surface area contributed by atoms with Gasteiger partial charge in [0.15, 0.2) is 12.1 Å². The van der Waals surface area contributed by atoms with Crippen LogP contribution in [0.3, 0.4) is 0 Å². The molecule has 3 aromatic rings. The smallest absolute Gasteiger partial charge is 0.263 e. The molecule has 0 saturated carbocycles. The molecule has 2 atom stereocenters. The minimum atomic E-state index is -0.980. The van der Waals surface area contributed by atoms with Crippen molar-refractivity contribution in [2.45, 2.75) is 19.0 Å². The highest BCUT2D eigenvalue weighted by Gasteiger charge is 2.55. The highest BCUT2D eigenvalue weighted by atomic mass is 16.5. The molecule has 1 N–H and O–H groups in total. The molecule has 3 aromatic carbocycles.